The van der Waals surface area contributed by atoms with Crippen molar-refractivity contribution < 1.29 is 12.8 Å². The first-order valence-corrected chi connectivity index (χ1v) is 8.32. The number of halogens is 3. The molecule has 114 valence electrons. The van der Waals surface area contributed by atoms with Crippen molar-refractivity contribution in [3.05, 3.63) is 21.4 Å². The van der Waals surface area contributed by atoms with Crippen LogP contribution in [0.2, 0.25) is 5.02 Å². The Morgan fingerprint density at radius 2 is 2.10 bits per heavy atom. The Kier molecular flexibility index (Phi) is 5.79. The van der Waals surface area contributed by atoms with Gasteiger partial charge in [-0.15, -0.1) is 0 Å². The molecule has 0 aliphatic carbocycles. The minimum absolute atomic E-state index is 0.0323. The highest BCUT2D eigenvalue weighted by molar-refractivity contribution is 9.10. The van der Waals surface area contributed by atoms with E-state index >= 15 is 0 Å². The molecule has 0 amide bonds. The van der Waals surface area contributed by atoms with E-state index in [4.69, 9.17) is 17.3 Å². The zero-order valence-electron chi connectivity index (χ0n) is 11.2. The predicted octanol–water partition coefficient (Wildman–Crippen LogP) is 2.05. The van der Waals surface area contributed by atoms with Gasteiger partial charge in [0.05, 0.1) is 15.2 Å². The Hall–Kier alpha value is -0.410. The molecule has 0 aliphatic heterocycles. The van der Waals surface area contributed by atoms with Gasteiger partial charge in [-0.05, 0) is 43.0 Å². The van der Waals surface area contributed by atoms with Crippen molar-refractivity contribution in [3.8, 4) is 0 Å². The lowest BCUT2D eigenvalue weighted by Gasteiger charge is -2.20. The lowest BCUT2D eigenvalue weighted by atomic mass is 10.3. The third-order valence-corrected chi connectivity index (χ3v) is 5.70. The lowest BCUT2D eigenvalue weighted by molar-refractivity contribution is 0.313. The molecule has 0 radical (unpaired) electrons. The molecule has 0 aliphatic rings. The number of hydrogen-bond donors (Lipinski definition) is 2. The number of hydrogen-bond acceptors (Lipinski definition) is 4. The number of likely N-dealkylation sites (N-methyl/N-ethyl adjacent to an activating group) is 1. The number of benzene rings is 1. The van der Waals surface area contributed by atoms with Gasteiger partial charge < -0.3 is 10.6 Å². The van der Waals surface area contributed by atoms with Crippen LogP contribution in [0.5, 0.6) is 0 Å². The smallest absolute Gasteiger partial charge is 0.243 e. The van der Waals surface area contributed by atoms with Gasteiger partial charge >= 0.3 is 0 Å². The van der Waals surface area contributed by atoms with E-state index in [1.807, 2.05) is 25.9 Å². The number of nitrogens with one attached hydrogen (secondary N) is 1. The summed E-state index contributed by atoms with van der Waals surface area (Å²) in [6.45, 7) is 1.98. The van der Waals surface area contributed by atoms with Crippen LogP contribution in [0.15, 0.2) is 15.4 Å². The summed E-state index contributed by atoms with van der Waals surface area (Å²) in [7, 11) is -0.391. The van der Waals surface area contributed by atoms with Crippen LogP contribution in [0.3, 0.4) is 0 Å². The Balaban J connectivity index is 3.11. The van der Waals surface area contributed by atoms with E-state index in [1.165, 1.54) is 0 Å². The van der Waals surface area contributed by atoms with E-state index < -0.39 is 20.7 Å². The number of rotatable bonds is 5. The van der Waals surface area contributed by atoms with Crippen LogP contribution < -0.4 is 10.5 Å². The van der Waals surface area contributed by atoms with Gasteiger partial charge in [0, 0.05) is 12.6 Å². The average Bonchev–Trinajstić information content (AvgIpc) is 2.37. The van der Waals surface area contributed by atoms with Crippen LogP contribution in [0.4, 0.5) is 10.1 Å². The molecule has 3 N–H and O–H groups in total. The average molecular weight is 389 g/mol. The molecular formula is C11H16BrClFN3O2S. The van der Waals surface area contributed by atoms with Crippen LogP contribution >= 0.6 is 27.5 Å². The fourth-order valence-corrected chi connectivity index (χ4v) is 3.08. The molecule has 9 heteroatoms. The summed E-state index contributed by atoms with van der Waals surface area (Å²) in [5, 5.41) is 0.0323. The van der Waals surface area contributed by atoms with E-state index in [0.29, 0.717) is 0 Å². The first kappa shape index (κ1) is 17.6. The zero-order valence-corrected chi connectivity index (χ0v) is 14.4. The topological polar surface area (TPSA) is 75.4 Å². The molecule has 0 bridgehead atoms. The van der Waals surface area contributed by atoms with Gasteiger partial charge in [-0.3, -0.25) is 0 Å². The number of anilines is 1. The maximum Gasteiger partial charge on any atom is 0.243 e. The minimum atomic E-state index is -4.02. The summed E-state index contributed by atoms with van der Waals surface area (Å²) < 4.78 is 40.6. The third-order valence-electron chi connectivity index (χ3n) is 2.90. The number of nitrogen functional groups attached to an aromatic ring is 1. The monoisotopic (exact) mass is 387 g/mol. The Morgan fingerprint density at radius 1 is 1.55 bits per heavy atom. The van der Waals surface area contributed by atoms with Crippen LogP contribution in [0.1, 0.15) is 6.92 Å². The van der Waals surface area contributed by atoms with Gasteiger partial charge in [0.2, 0.25) is 10.0 Å². The Morgan fingerprint density at radius 3 is 2.60 bits per heavy atom. The first-order chi connectivity index (χ1) is 9.08. The molecule has 1 rings (SSSR count). The summed E-state index contributed by atoms with van der Waals surface area (Å²) in [5.41, 5.74) is 5.14. The highest BCUT2D eigenvalue weighted by Crippen LogP contribution is 2.34. The molecule has 20 heavy (non-hydrogen) atoms. The zero-order chi connectivity index (χ0) is 15.7. The predicted molar refractivity (Wildman–Crippen MR) is 81.9 cm³/mol. The SMILES string of the molecule is CC(CNS(=O)(=O)c1cc(Cl)c(Br)c(N)c1F)N(C)C. The second-order valence-corrected chi connectivity index (χ2v) is 7.50. The summed E-state index contributed by atoms with van der Waals surface area (Å²) in [5.74, 6) is -1.02. The van der Waals surface area contributed by atoms with Crippen molar-refractivity contribution in [2.24, 2.45) is 0 Å². The number of nitrogens with two attached hydrogens (primary N) is 1. The van der Waals surface area contributed by atoms with Crippen LogP contribution in [0, 0.1) is 5.82 Å². The molecule has 0 saturated carbocycles. The van der Waals surface area contributed by atoms with Gasteiger partial charge in [0.25, 0.3) is 0 Å². The van der Waals surface area contributed by atoms with Crippen molar-refractivity contribution >= 4 is 43.2 Å². The molecule has 1 aromatic rings. The molecular weight excluding hydrogens is 373 g/mol. The molecule has 0 aromatic heterocycles. The lowest BCUT2D eigenvalue weighted by Crippen LogP contribution is -2.38. The van der Waals surface area contributed by atoms with E-state index in [1.54, 1.807) is 0 Å². The Labute approximate surface area is 131 Å². The summed E-state index contributed by atoms with van der Waals surface area (Å²) in [6, 6.07) is 0.982. The summed E-state index contributed by atoms with van der Waals surface area (Å²) in [6.07, 6.45) is 0. The van der Waals surface area contributed by atoms with Crippen molar-refractivity contribution in [1.82, 2.24) is 9.62 Å². The third kappa shape index (κ3) is 3.82. The molecule has 5 nitrogen and oxygen atoms in total. The first-order valence-electron chi connectivity index (χ1n) is 5.67. The van der Waals surface area contributed by atoms with Crippen molar-refractivity contribution in [1.29, 1.82) is 0 Å². The fourth-order valence-electron chi connectivity index (χ4n) is 1.29. The maximum absolute atomic E-state index is 14.0. The highest BCUT2D eigenvalue weighted by Gasteiger charge is 2.24. The summed E-state index contributed by atoms with van der Waals surface area (Å²) >= 11 is 8.81. The molecule has 0 saturated heterocycles. The summed E-state index contributed by atoms with van der Waals surface area (Å²) in [4.78, 5) is 1.27. The second kappa shape index (κ2) is 6.57. The van der Waals surface area contributed by atoms with Crippen molar-refractivity contribution in [2.75, 3.05) is 26.4 Å². The van der Waals surface area contributed by atoms with Crippen LogP contribution in [-0.4, -0.2) is 40.0 Å². The van der Waals surface area contributed by atoms with Crippen molar-refractivity contribution in [3.63, 3.8) is 0 Å². The van der Waals surface area contributed by atoms with E-state index in [-0.39, 0.29) is 27.8 Å². The van der Waals surface area contributed by atoms with E-state index in [9.17, 15) is 12.8 Å². The molecule has 0 fully saturated rings. The quantitative estimate of drug-likeness (QED) is 0.598. The van der Waals surface area contributed by atoms with Crippen LogP contribution in [-0.2, 0) is 10.0 Å². The molecule has 1 aromatic carbocycles. The maximum atomic E-state index is 14.0. The molecule has 0 spiro atoms. The molecule has 0 heterocycles. The normalized spacial score (nSPS) is 13.8. The van der Waals surface area contributed by atoms with Gasteiger partial charge in [-0.1, -0.05) is 11.6 Å². The van der Waals surface area contributed by atoms with Crippen molar-refractivity contribution in [2.45, 2.75) is 17.9 Å². The van der Waals surface area contributed by atoms with E-state index in [2.05, 4.69) is 20.7 Å². The van der Waals surface area contributed by atoms with Gasteiger partial charge in [-0.25, -0.2) is 17.5 Å². The minimum Gasteiger partial charge on any atom is -0.395 e. The molecule has 1 atom stereocenters. The fraction of sp³-hybridized carbons (Fsp3) is 0.455. The van der Waals surface area contributed by atoms with Gasteiger partial charge in [0.15, 0.2) is 5.82 Å². The Bertz CT molecular complexity index is 610. The van der Waals surface area contributed by atoms with Gasteiger partial charge in [0.1, 0.15) is 4.90 Å². The van der Waals surface area contributed by atoms with Crippen LogP contribution in [0.25, 0.3) is 0 Å². The van der Waals surface area contributed by atoms with E-state index in [0.717, 1.165) is 6.07 Å². The highest BCUT2D eigenvalue weighted by atomic mass is 79.9. The number of nitrogens with zero attached hydrogens (tertiary/aromatic N) is 1. The largest absolute Gasteiger partial charge is 0.395 e. The molecule has 1 unspecified atom stereocenters. The standard InChI is InChI=1S/C11H16BrClFN3O2S/c1-6(17(2)3)5-16-20(18,19)8-4-7(13)9(12)11(15)10(8)14/h4,6,16H,5,15H2,1-3H3. The second-order valence-electron chi connectivity index (χ2n) is 4.56. The van der Waals surface area contributed by atoms with Gasteiger partial charge in [-0.2, -0.15) is 0 Å². The number of sulfonamides is 1.